The summed E-state index contributed by atoms with van der Waals surface area (Å²) in [7, 11) is 3.20. The number of pyridine rings is 1. The first-order valence-electron chi connectivity index (χ1n) is 10.0. The molecule has 1 fully saturated rings. The summed E-state index contributed by atoms with van der Waals surface area (Å²) < 4.78 is 16.6. The molecule has 0 saturated heterocycles. The van der Waals surface area contributed by atoms with Crippen molar-refractivity contribution in [3.05, 3.63) is 54.1 Å². The molecular weight excluding hydrogens is 366 g/mol. The molecule has 0 aliphatic heterocycles. The van der Waals surface area contributed by atoms with Gasteiger partial charge in [0.05, 0.1) is 31.0 Å². The predicted octanol–water partition coefficient (Wildman–Crippen LogP) is 5.41. The lowest BCUT2D eigenvalue weighted by molar-refractivity contribution is 0.0213. The Morgan fingerprint density at radius 2 is 1.69 bits per heavy atom. The van der Waals surface area contributed by atoms with Gasteiger partial charge in [0, 0.05) is 10.9 Å². The lowest BCUT2D eigenvalue weighted by Gasteiger charge is -2.22. The van der Waals surface area contributed by atoms with Gasteiger partial charge in [-0.3, -0.25) is 0 Å². The predicted molar refractivity (Wildman–Crippen MR) is 113 cm³/mol. The average Bonchev–Trinajstić information content (AvgIpc) is 2.78. The molecule has 5 nitrogen and oxygen atoms in total. The van der Waals surface area contributed by atoms with E-state index >= 15 is 0 Å². The zero-order valence-electron chi connectivity index (χ0n) is 16.8. The third kappa shape index (κ3) is 4.04. The van der Waals surface area contributed by atoms with Gasteiger partial charge in [-0.15, -0.1) is 0 Å². The molecule has 0 atom stereocenters. The number of hydrogen-bond donors (Lipinski definition) is 0. The topological polar surface area (TPSA) is 57.7 Å². The van der Waals surface area contributed by atoms with E-state index in [0.29, 0.717) is 22.8 Å². The third-order valence-electron chi connectivity index (χ3n) is 5.44. The highest BCUT2D eigenvalue weighted by atomic mass is 16.5. The van der Waals surface area contributed by atoms with E-state index in [-0.39, 0.29) is 12.1 Å². The normalized spacial score (nSPS) is 14.6. The maximum absolute atomic E-state index is 13.0. The summed E-state index contributed by atoms with van der Waals surface area (Å²) in [5, 5.41) is 0.803. The Bertz CT molecular complexity index is 1020. The maximum Gasteiger partial charge on any atom is 0.339 e. The quantitative estimate of drug-likeness (QED) is 0.545. The molecule has 150 valence electrons. The van der Waals surface area contributed by atoms with Gasteiger partial charge >= 0.3 is 5.97 Å². The van der Waals surface area contributed by atoms with Crippen molar-refractivity contribution in [3.63, 3.8) is 0 Å². The highest BCUT2D eigenvalue weighted by Crippen LogP contribution is 2.33. The second-order valence-corrected chi connectivity index (χ2v) is 7.31. The van der Waals surface area contributed by atoms with Gasteiger partial charge in [-0.05, 0) is 56.0 Å². The summed E-state index contributed by atoms with van der Waals surface area (Å²) in [4.78, 5) is 17.8. The van der Waals surface area contributed by atoms with E-state index in [2.05, 4.69) is 0 Å². The van der Waals surface area contributed by atoms with Crippen molar-refractivity contribution in [2.24, 2.45) is 0 Å². The van der Waals surface area contributed by atoms with E-state index in [4.69, 9.17) is 19.2 Å². The molecule has 0 unspecified atom stereocenters. The lowest BCUT2D eigenvalue weighted by Crippen LogP contribution is -2.21. The van der Waals surface area contributed by atoms with Gasteiger partial charge in [0.1, 0.15) is 6.10 Å². The molecule has 0 amide bonds. The molecule has 1 aliphatic carbocycles. The fourth-order valence-electron chi connectivity index (χ4n) is 3.89. The number of ether oxygens (including phenoxy) is 3. The number of hydrogen-bond acceptors (Lipinski definition) is 5. The number of benzene rings is 2. The monoisotopic (exact) mass is 391 g/mol. The number of methoxy groups -OCH3 is 2. The molecule has 1 heterocycles. The largest absolute Gasteiger partial charge is 0.493 e. The molecular formula is C24H25NO4. The first-order valence-corrected chi connectivity index (χ1v) is 10.0. The number of esters is 1. The van der Waals surface area contributed by atoms with Crippen LogP contribution in [-0.2, 0) is 4.74 Å². The van der Waals surface area contributed by atoms with Crippen molar-refractivity contribution < 1.29 is 19.0 Å². The van der Waals surface area contributed by atoms with Crippen molar-refractivity contribution in [2.75, 3.05) is 14.2 Å². The number of para-hydroxylation sites is 1. The molecule has 1 aliphatic rings. The van der Waals surface area contributed by atoms with Crippen LogP contribution in [0.2, 0.25) is 0 Å². The fourth-order valence-corrected chi connectivity index (χ4v) is 3.89. The van der Waals surface area contributed by atoms with Crippen LogP contribution in [0.5, 0.6) is 11.5 Å². The van der Waals surface area contributed by atoms with Crippen molar-refractivity contribution >= 4 is 16.9 Å². The minimum absolute atomic E-state index is 0.00714. The Morgan fingerprint density at radius 1 is 0.931 bits per heavy atom. The smallest absolute Gasteiger partial charge is 0.339 e. The van der Waals surface area contributed by atoms with Crippen LogP contribution in [0.4, 0.5) is 0 Å². The van der Waals surface area contributed by atoms with Gasteiger partial charge in [0.2, 0.25) is 0 Å². The van der Waals surface area contributed by atoms with Crippen LogP contribution >= 0.6 is 0 Å². The third-order valence-corrected chi connectivity index (χ3v) is 5.44. The Hall–Kier alpha value is -3.08. The maximum atomic E-state index is 13.0. The van der Waals surface area contributed by atoms with E-state index in [0.717, 1.165) is 42.1 Å². The van der Waals surface area contributed by atoms with Crippen molar-refractivity contribution in [1.29, 1.82) is 0 Å². The Balaban J connectivity index is 1.75. The summed E-state index contributed by atoms with van der Waals surface area (Å²) in [6.45, 7) is 0. The SMILES string of the molecule is COc1ccc(-c2cc(C(=O)OC3CCCCC3)c3ccccc3n2)cc1OC. The summed E-state index contributed by atoms with van der Waals surface area (Å²) >= 11 is 0. The summed E-state index contributed by atoms with van der Waals surface area (Å²) in [6, 6.07) is 15.1. The van der Waals surface area contributed by atoms with Gasteiger partial charge in [0.25, 0.3) is 0 Å². The number of nitrogens with zero attached hydrogens (tertiary/aromatic N) is 1. The van der Waals surface area contributed by atoms with Crippen LogP contribution < -0.4 is 9.47 Å². The number of fused-ring (bicyclic) bond motifs is 1. The van der Waals surface area contributed by atoms with Gasteiger partial charge in [-0.1, -0.05) is 24.6 Å². The van der Waals surface area contributed by atoms with E-state index in [9.17, 15) is 4.79 Å². The summed E-state index contributed by atoms with van der Waals surface area (Å²) in [5.74, 6) is 0.984. The standard InChI is InChI=1S/C24H25NO4/c1-27-22-13-12-16(14-23(22)28-2)21-15-19(18-10-6-7-11-20(18)25-21)24(26)29-17-8-4-3-5-9-17/h6-7,10-15,17H,3-5,8-9H2,1-2H3. The zero-order chi connectivity index (χ0) is 20.2. The molecule has 29 heavy (non-hydrogen) atoms. The zero-order valence-corrected chi connectivity index (χ0v) is 16.8. The van der Waals surface area contributed by atoms with Crippen LogP contribution in [0.3, 0.4) is 0 Å². The summed E-state index contributed by atoms with van der Waals surface area (Å²) in [6.07, 6.45) is 5.34. The first-order chi connectivity index (χ1) is 14.2. The molecule has 2 aromatic carbocycles. The van der Waals surface area contributed by atoms with Gasteiger partial charge in [-0.2, -0.15) is 0 Å². The second-order valence-electron chi connectivity index (χ2n) is 7.31. The molecule has 0 N–H and O–H groups in total. The van der Waals surface area contributed by atoms with Crippen molar-refractivity contribution in [2.45, 2.75) is 38.2 Å². The van der Waals surface area contributed by atoms with Crippen molar-refractivity contribution in [1.82, 2.24) is 4.98 Å². The molecule has 4 rings (SSSR count). The molecule has 5 heteroatoms. The number of carbonyl (C=O) groups excluding carboxylic acids is 1. The summed E-state index contributed by atoms with van der Waals surface area (Å²) in [5.41, 5.74) is 2.85. The molecule has 3 aromatic rings. The highest BCUT2D eigenvalue weighted by Gasteiger charge is 2.21. The Morgan fingerprint density at radius 3 is 2.45 bits per heavy atom. The molecule has 0 spiro atoms. The molecule has 0 bridgehead atoms. The molecule has 0 radical (unpaired) electrons. The highest BCUT2D eigenvalue weighted by molar-refractivity contribution is 6.04. The van der Waals surface area contributed by atoms with Crippen LogP contribution in [0, 0.1) is 0 Å². The van der Waals surface area contributed by atoms with E-state index in [1.165, 1.54) is 6.42 Å². The van der Waals surface area contributed by atoms with Crippen LogP contribution in [0.1, 0.15) is 42.5 Å². The second kappa shape index (κ2) is 8.52. The van der Waals surface area contributed by atoms with E-state index < -0.39 is 0 Å². The average molecular weight is 391 g/mol. The lowest BCUT2D eigenvalue weighted by atomic mass is 9.97. The fraction of sp³-hybridized carbons (Fsp3) is 0.333. The van der Waals surface area contributed by atoms with Crippen LogP contribution in [0.15, 0.2) is 48.5 Å². The van der Waals surface area contributed by atoms with Crippen LogP contribution in [-0.4, -0.2) is 31.3 Å². The van der Waals surface area contributed by atoms with Crippen LogP contribution in [0.25, 0.3) is 22.2 Å². The number of rotatable bonds is 5. The Labute approximate surface area is 170 Å². The molecule has 1 aromatic heterocycles. The van der Waals surface area contributed by atoms with Gasteiger partial charge < -0.3 is 14.2 Å². The number of aromatic nitrogens is 1. The van der Waals surface area contributed by atoms with Gasteiger partial charge in [0.15, 0.2) is 11.5 Å². The number of carbonyl (C=O) groups is 1. The van der Waals surface area contributed by atoms with Gasteiger partial charge in [-0.25, -0.2) is 9.78 Å². The van der Waals surface area contributed by atoms with E-state index in [1.807, 2.05) is 48.5 Å². The van der Waals surface area contributed by atoms with E-state index in [1.54, 1.807) is 14.2 Å². The molecule has 1 saturated carbocycles. The minimum atomic E-state index is -0.280. The minimum Gasteiger partial charge on any atom is -0.493 e. The first kappa shape index (κ1) is 19.2. The Kier molecular flexibility index (Phi) is 5.65. The van der Waals surface area contributed by atoms with Crippen molar-refractivity contribution in [3.8, 4) is 22.8 Å².